The quantitative estimate of drug-likeness (QED) is 0.0195. The van der Waals surface area contributed by atoms with Gasteiger partial charge < -0.3 is 27.9 Å². The molecule has 0 bridgehead atoms. The van der Waals surface area contributed by atoms with Crippen LogP contribution in [0.2, 0.25) is 0 Å². The van der Waals surface area contributed by atoms with Crippen LogP contribution in [0.4, 0.5) is 0 Å². The fraction of sp³-hybridized carbons (Fsp3) is 0.722. The lowest BCUT2D eigenvalue weighted by molar-refractivity contribution is -0.870. The van der Waals surface area contributed by atoms with Gasteiger partial charge in [0.1, 0.15) is 19.8 Å². The average Bonchev–Trinajstić information content (AvgIpc) is 3.46. The maximum atomic E-state index is 12.8. The van der Waals surface area contributed by atoms with Gasteiger partial charge in [-0.1, -0.05) is 284 Å². The molecule has 0 aliphatic rings. The van der Waals surface area contributed by atoms with Crippen molar-refractivity contribution in [2.75, 3.05) is 47.5 Å². The minimum absolute atomic E-state index is 0.0408. The van der Waals surface area contributed by atoms with Crippen molar-refractivity contribution >= 4 is 19.8 Å². The van der Waals surface area contributed by atoms with Gasteiger partial charge in [0.15, 0.2) is 6.10 Å². The molecule has 0 aliphatic heterocycles. The number of hydrogen-bond acceptors (Lipinski definition) is 8. The summed E-state index contributed by atoms with van der Waals surface area (Å²) in [5.41, 5.74) is 0. The summed E-state index contributed by atoms with van der Waals surface area (Å²) in [7, 11) is 1.14. The molecule has 0 saturated heterocycles. The maximum absolute atomic E-state index is 12.8. The highest BCUT2D eigenvalue weighted by molar-refractivity contribution is 7.45. The second-order valence-corrected chi connectivity index (χ2v) is 24.8. The standard InChI is InChI=1S/C72H126NO8P/c1-6-8-10-12-14-16-18-20-22-24-26-27-28-29-30-31-32-33-34-35-36-37-38-39-40-41-42-43-44-45-47-48-50-52-54-56-58-60-62-64-71(74)78-68-70(69-80-82(76,77)79-67-66-73(3,4)5)81-72(75)65-63-61-59-57-55-53-51-49-46-25-23-21-19-17-15-13-11-9-7-2/h8-11,14-17,20-23,26-27,46,49,53,55,70H,6-7,12-13,18-19,24-25,28-45,47-48,50-52,54,56-69H2,1-5H3/b10-8-,11-9-,16-14-,17-15-,22-20-,23-21-,27-26-,49-46-,55-53-. The first kappa shape index (κ1) is 78.7. The van der Waals surface area contributed by atoms with Gasteiger partial charge in [-0.15, -0.1) is 0 Å². The van der Waals surface area contributed by atoms with Gasteiger partial charge in [0.2, 0.25) is 0 Å². The fourth-order valence-electron chi connectivity index (χ4n) is 9.21. The third kappa shape index (κ3) is 65.8. The molecule has 82 heavy (non-hydrogen) atoms. The largest absolute Gasteiger partial charge is 0.756 e. The van der Waals surface area contributed by atoms with E-state index in [1.165, 1.54) is 154 Å². The first-order chi connectivity index (χ1) is 40.0. The maximum Gasteiger partial charge on any atom is 0.306 e. The van der Waals surface area contributed by atoms with Crippen molar-refractivity contribution in [1.82, 2.24) is 0 Å². The van der Waals surface area contributed by atoms with Crippen molar-refractivity contribution < 1.29 is 42.1 Å². The van der Waals surface area contributed by atoms with E-state index in [0.29, 0.717) is 17.4 Å². The lowest BCUT2D eigenvalue weighted by atomic mass is 10.0. The van der Waals surface area contributed by atoms with Crippen LogP contribution in [-0.2, 0) is 32.7 Å². The van der Waals surface area contributed by atoms with Crippen LogP contribution in [0.15, 0.2) is 109 Å². The number of quaternary nitrogens is 1. The SMILES string of the molecule is CC/C=C\C/C=C\C/C=C\C/C=C\C/C=C\CCCCCC(=O)OC(COC(=O)CCCCCCCCCCCCCCCCCCCCCCCCCCCC/C=C\C/C=C\C/C=C\C/C=C\CC)COP(=O)([O-])OCC[N+](C)(C)C. The van der Waals surface area contributed by atoms with E-state index in [9.17, 15) is 19.0 Å². The van der Waals surface area contributed by atoms with Crippen LogP contribution in [-0.4, -0.2) is 70.0 Å². The normalized spacial score (nSPS) is 13.9. The van der Waals surface area contributed by atoms with Gasteiger partial charge in [-0.3, -0.25) is 14.2 Å². The zero-order chi connectivity index (χ0) is 59.8. The Labute approximate surface area is 506 Å². The molecular weight excluding hydrogens is 1040 g/mol. The molecule has 2 atom stereocenters. The Kier molecular flexibility index (Phi) is 59.7. The van der Waals surface area contributed by atoms with Crippen LogP contribution in [0, 0.1) is 0 Å². The minimum atomic E-state index is -4.65. The molecule has 0 rings (SSSR count). The number of allylic oxidation sites excluding steroid dienone is 18. The highest BCUT2D eigenvalue weighted by Gasteiger charge is 2.22. The Morgan fingerprint density at radius 2 is 0.659 bits per heavy atom. The van der Waals surface area contributed by atoms with Gasteiger partial charge in [0, 0.05) is 12.8 Å². The summed E-state index contributed by atoms with van der Waals surface area (Å²) in [5, 5.41) is 0. The molecule has 0 aromatic rings. The summed E-state index contributed by atoms with van der Waals surface area (Å²) in [6, 6.07) is 0. The van der Waals surface area contributed by atoms with Crippen LogP contribution in [0.1, 0.15) is 284 Å². The molecule has 0 radical (unpaired) electrons. The van der Waals surface area contributed by atoms with E-state index in [1.807, 2.05) is 21.1 Å². The van der Waals surface area contributed by atoms with E-state index in [0.717, 1.165) is 96.3 Å². The third-order valence-corrected chi connectivity index (χ3v) is 15.3. The Hall–Kier alpha value is -3.33. The monoisotopic (exact) mass is 1160 g/mol. The van der Waals surface area contributed by atoms with Gasteiger partial charge in [0.05, 0.1) is 27.7 Å². The molecule has 0 amide bonds. The third-order valence-electron chi connectivity index (χ3n) is 14.3. The number of rotatable bonds is 61. The second-order valence-electron chi connectivity index (χ2n) is 23.4. The molecule has 10 heteroatoms. The van der Waals surface area contributed by atoms with Crippen molar-refractivity contribution in [2.45, 2.75) is 290 Å². The summed E-state index contributed by atoms with van der Waals surface area (Å²) < 4.78 is 34.2. The smallest absolute Gasteiger partial charge is 0.306 e. The molecule has 0 saturated carbocycles. The van der Waals surface area contributed by atoms with Crippen LogP contribution in [0.5, 0.6) is 0 Å². The van der Waals surface area contributed by atoms with Crippen LogP contribution < -0.4 is 4.89 Å². The van der Waals surface area contributed by atoms with Gasteiger partial charge in [-0.25, -0.2) is 0 Å². The predicted octanol–water partition coefficient (Wildman–Crippen LogP) is 21.1. The molecule has 0 heterocycles. The van der Waals surface area contributed by atoms with Crippen LogP contribution in [0.3, 0.4) is 0 Å². The summed E-state index contributed by atoms with van der Waals surface area (Å²) in [6.07, 6.45) is 87.6. The summed E-state index contributed by atoms with van der Waals surface area (Å²) >= 11 is 0. The number of unbranched alkanes of at least 4 members (excludes halogenated alkanes) is 29. The van der Waals surface area contributed by atoms with E-state index in [-0.39, 0.29) is 26.1 Å². The predicted molar refractivity (Wildman–Crippen MR) is 351 cm³/mol. The van der Waals surface area contributed by atoms with Crippen molar-refractivity contribution in [3.8, 4) is 0 Å². The number of phosphoric ester groups is 1. The van der Waals surface area contributed by atoms with Crippen LogP contribution in [0.25, 0.3) is 0 Å². The first-order valence-electron chi connectivity index (χ1n) is 33.6. The number of ether oxygens (including phenoxy) is 2. The van der Waals surface area contributed by atoms with Crippen molar-refractivity contribution in [3.63, 3.8) is 0 Å². The zero-order valence-electron chi connectivity index (χ0n) is 53.7. The van der Waals surface area contributed by atoms with E-state index in [1.54, 1.807) is 0 Å². The van der Waals surface area contributed by atoms with Gasteiger partial charge in [-0.2, -0.15) is 0 Å². The number of carbonyl (C=O) groups excluding carboxylic acids is 2. The molecule has 0 aromatic heterocycles. The summed E-state index contributed by atoms with van der Waals surface area (Å²) in [5.74, 6) is -0.867. The van der Waals surface area contributed by atoms with E-state index < -0.39 is 32.5 Å². The number of carbonyl (C=O) groups is 2. The molecule has 0 spiro atoms. The molecule has 0 fully saturated rings. The van der Waals surface area contributed by atoms with Crippen molar-refractivity contribution in [2.24, 2.45) is 0 Å². The lowest BCUT2D eigenvalue weighted by Gasteiger charge is -2.28. The molecule has 9 nitrogen and oxygen atoms in total. The Morgan fingerprint density at radius 1 is 0.378 bits per heavy atom. The van der Waals surface area contributed by atoms with Gasteiger partial charge in [0.25, 0.3) is 7.82 Å². The Morgan fingerprint density at radius 3 is 0.988 bits per heavy atom. The molecule has 472 valence electrons. The fourth-order valence-corrected chi connectivity index (χ4v) is 9.93. The van der Waals surface area contributed by atoms with Gasteiger partial charge in [-0.05, 0) is 96.3 Å². The van der Waals surface area contributed by atoms with Crippen molar-refractivity contribution in [3.05, 3.63) is 109 Å². The number of nitrogens with zero attached hydrogens (tertiary/aromatic N) is 1. The van der Waals surface area contributed by atoms with E-state index in [2.05, 4.69) is 123 Å². The van der Waals surface area contributed by atoms with E-state index in [4.69, 9.17) is 18.5 Å². The molecule has 0 aromatic carbocycles. The highest BCUT2D eigenvalue weighted by atomic mass is 31.2. The van der Waals surface area contributed by atoms with E-state index >= 15 is 0 Å². The summed E-state index contributed by atoms with van der Waals surface area (Å²) in [4.78, 5) is 37.9. The molecular formula is C72H126NO8P. The number of esters is 2. The molecule has 0 aliphatic carbocycles. The minimum Gasteiger partial charge on any atom is -0.756 e. The zero-order valence-corrected chi connectivity index (χ0v) is 54.6. The number of phosphoric acid groups is 1. The van der Waals surface area contributed by atoms with Gasteiger partial charge >= 0.3 is 11.9 Å². The van der Waals surface area contributed by atoms with Crippen molar-refractivity contribution in [1.29, 1.82) is 0 Å². The average molecular weight is 1160 g/mol. The highest BCUT2D eigenvalue weighted by Crippen LogP contribution is 2.38. The second kappa shape index (κ2) is 62.2. The molecule has 2 unspecified atom stereocenters. The Balaban J connectivity index is 3.96. The molecule has 0 N–H and O–H groups in total. The Bertz CT molecular complexity index is 1750. The first-order valence-corrected chi connectivity index (χ1v) is 35.1. The topological polar surface area (TPSA) is 111 Å². The number of hydrogen-bond donors (Lipinski definition) is 0. The summed E-state index contributed by atoms with van der Waals surface area (Å²) in [6.45, 7) is 3.99. The van der Waals surface area contributed by atoms with Crippen LogP contribution >= 0.6 is 7.82 Å². The lowest BCUT2D eigenvalue weighted by Crippen LogP contribution is -2.37. The number of likely N-dealkylation sites (N-methyl/N-ethyl adjacent to an activating group) is 1.